The van der Waals surface area contributed by atoms with Crippen molar-refractivity contribution >= 4 is 23.2 Å². The quantitative estimate of drug-likeness (QED) is 0.897. The number of carbonyl (C=O) groups excluding carboxylic acids is 1. The predicted molar refractivity (Wildman–Crippen MR) is 79.1 cm³/mol. The lowest BCUT2D eigenvalue weighted by Gasteiger charge is -2.35. The fourth-order valence-electron chi connectivity index (χ4n) is 2.67. The van der Waals surface area contributed by atoms with E-state index >= 15 is 0 Å². The number of amides is 1. The van der Waals surface area contributed by atoms with E-state index in [0.29, 0.717) is 23.6 Å². The van der Waals surface area contributed by atoms with Crippen molar-refractivity contribution in [1.82, 2.24) is 5.32 Å². The van der Waals surface area contributed by atoms with Gasteiger partial charge in [0.1, 0.15) is 0 Å². The van der Waals surface area contributed by atoms with Crippen LogP contribution in [0.1, 0.15) is 47.2 Å². The number of carboxylic acids is 1. The van der Waals surface area contributed by atoms with E-state index < -0.39 is 11.4 Å². The van der Waals surface area contributed by atoms with Crippen molar-refractivity contribution in [3.05, 3.63) is 21.9 Å². The average molecular weight is 295 g/mol. The number of rotatable bonds is 4. The number of aliphatic carboxylic acids is 1. The number of hydrogen-bond acceptors (Lipinski definition) is 3. The van der Waals surface area contributed by atoms with Gasteiger partial charge in [-0.1, -0.05) is 6.92 Å². The van der Waals surface area contributed by atoms with Crippen LogP contribution in [0.3, 0.4) is 0 Å². The molecule has 1 fully saturated rings. The molecule has 0 bridgehead atoms. The second-order valence-electron chi connectivity index (χ2n) is 5.86. The molecule has 0 spiro atoms. The Balaban J connectivity index is 1.99. The lowest BCUT2D eigenvalue weighted by Crippen LogP contribution is -2.45. The summed E-state index contributed by atoms with van der Waals surface area (Å²) in [6.07, 6.45) is 3.13. The highest BCUT2D eigenvalue weighted by atomic mass is 32.1. The van der Waals surface area contributed by atoms with E-state index in [1.54, 1.807) is 6.07 Å². The van der Waals surface area contributed by atoms with E-state index in [0.717, 1.165) is 17.7 Å². The molecule has 2 rings (SSSR count). The zero-order valence-corrected chi connectivity index (χ0v) is 12.8. The normalized spacial score (nSPS) is 26.2. The molecule has 1 saturated carbocycles. The molecule has 2 N–H and O–H groups in total. The Kier molecular flexibility index (Phi) is 4.48. The van der Waals surface area contributed by atoms with Gasteiger partial charge in [0.05, 0.1) is 10.3 Å². The first kappa shape index (κ1) is 15.0. The van der Waals surface area contributed by atoms with Crippen LogP contribution in [0, 0.1) is 18.3 Å². The Hall–Kier alpha value is -1.36. The molecule has 1 heterocycles. The number of carbonyl (C=O) groups is 2. The third kappa shape index (κ3) is 3.20. The molecule has 4 nitrogen and oxygen atoms in total. The zero-order chi connectivity index (χ0) is 14.8. The van der Waals surface area contributed by atoms with Gasteiger partial charge in [0.2, 0.25) is 0 Å². The summed E-state index contributed by atoms with van der Waals surface area (Å²) in [6.45, 7) is 4.33. The SMILES string of the molecule is Cc1ccc(C(=O)NCC2(C(=O)O)CCC(C)CC2)s1. The maximum atomic E-state index is 12.0. The molecule has 0 aromatic carbocycles. The highest BCUT2D eigenvalue weighted by Gasteiger charge is 2.41. The van der Waals surface area contributed by atoms with E-state index in [-0.39, 0.29) is 12.5 Å². The maximum Gasteiger partial charge on any atom is 0.311 e. The Labute approximate surface area is 123 Å². The highest BCUT2D eigenvalue weighted by molar-refractivity contribution is 7.13. The largest absolute Gasteiger partial charge is 0.481 e. The molecule has 1 aliphatic rings. The molecular formula is C15H21NO3S. The van der Waals surface area contributed by atoms with Crippen molar-refractivity contribution in [2.45, 2.75) is 39.5 Å². The van der Waals surface area contributed by atoms with Crippen molar-refractivity contribution < 1.29 is 14.7 Å². The van der Waals surface area contributed by atoms with Crippen molar-refractivity contribution in [2.75, 3.05) is 6.54 Å². The second-order valence-corrected chi connectivity index (χ2v) is 7.15. The summed E-state index contributed by atoms with van der Waals surface area (Å²) in [4.78, 5) is 25.3. The van der Waals surface area contributed by atoms with Gasteiger partial charge in [0.25, 0.3) is 5.91 Å². The molecular weight excluding hydrogens is 274 g/mol. The number of hydrogen-bond donors (Lipinski definition) is 2. The average Bonchev–Trinajstić information content (AvgIpc) is 2.84. The predicted octanol–water partition coefficient (Wildman–Crippen LogP) is 3.07. The van der Waals surface area contributed by atoms with Crippen molar-refractivity contribution in [3.63, 3.8) is 0 Å². The fourth-order valence-corrected chi connectivity index (χ4v) is 3.46. The van der Waals surface area contributed by atoms with Gasteiger partial charge in [0.15, 0.2) is 0 Å². The summed E-state index contributed by atoms with van der Waals surface area (Å²) in [6, 6.07) is 3.68. The van der Waals surface area contributed by atoms with Gasteiger partial charge in [-0.15, -0.1) is 11.3 Å². The molecule has 1 aliphatic carbocycles. The molecule has 1 aromatic heterocycles. The van der Waals surface area contributed by atoms with Crippen LogP contribution in [0.5, 0.6) is 0 Å². The summed E-state index contributed by atoms with van der Waals surface area (Å²) in [5, 5.41) is 12.3. The van der Waals surface area contributed by atoms with Crippen LogP contribution < -0.4 is 5.32 Å². The zero-order valence-electron chi connectivity index (χ0n) is 11.9. The fraction of sp³-hybridized carbons (Fsp3) is 0.600. The molecule has 1 aromatic rings. The van der Waals surface area contributed by atoms with Gasteiger partial charge >= 0.3 is 5.97 Å². The first-order chi connectivity index (χ1) is 9.43. The van der Waals surface area contributed by atoms with E-state index in [4.69, 9.17) is 0 Å². The molecule has 0 atom stereocenters. The number of nitrogens with one attached hydrogen (secondary N) is 1. The van der Waals surface area contributed by atoms with Crippen LogP contribution in [0.25, 0.3) is 0 Å². The Morgan fingerprint density at radius 3 is 2.55 bits per heavy atom. The van der Waals surface area contributed by atoms with E-state index in [9.17, 15) is 14.7 Å². The third-order valence-corrected chi connectivity index (χ3v) is 5.24. The number of carboxylic acid groups (broad SMARTS) is 1. The second kappa shape index (κ2) is 5.95. The minimum Gasteiger partial charge on any atom is -0.481 e. The first-order valence-corrected chi connectivity index (χ1v) is 7.83. The summed E-state index contributed by atoms with van der Waals surface area (Å²) >= 11 is 1.43. The molecule has 1 amide bonds. The third-order valence-electron chi connectivity index (χ3n) is 4.24. The summed E-state index contributed by atoms with van der Waals surface area (Å²) in [7, 11) is 0. The molecule has 0 aliphatic heterocycles. The Bertz CT molecular complexity index is 501. The molecule has 20 heavy (non-hydrogen) atoms. The van der Waals surface area contributed by atoms with Crippen molar-refractivity contribution in [2.24, 2.45) is 11.3 Å². The van der Waals surface area contributed by atoms with Crippen LogP contribution in [-0.4, -0.2) is 23.5 Å². The van der Waals surface area contributed by atoms with Gasteiger partial charge in [-0.2, -0.15) is 0 Å². The van der Waals surface area contributed by atoms with Gasteiger partial charge in [-0.3, -0.25) is 9.59 Å². The molecule has 0 saturated heterocycles. The van der Waals surface area contributed by atoms with Crippen molar-refractivity contribution in [3.8, 4) is 0 Å². The minimum absolute atomic E-state index is 0.164. The van der Waals surface area contributed by atoms with Gasteiger partial charge in [0, 0.05) is 11.4 Å². The van der Waals surface area contributed by atoms with Gasteiger partial charge in [-0.25, -0.2) is 0 Å². The van der Waals surface area contributed by atoms with Crippen LogP contribution in [0.2, 0.25) is 0 Å². The first-order valence-electron chi connectivity index (χ1n) is 7.01. The summed E-state index contributed by atoms with van der Waals surface area (Å²) < 4.78 is 0. The van der Waals surface area contributed by atoms with Gasteiger partial charge in [-0.05, 0) is 50.7 Å². The molecule has 110 valence electrons. The lowest BCUT2D eigenvalue weighted by molar-refractivity contribution is -0.151. The molecule has 0 radical (unpaired) electrons. The summed E-state index contributed by atoms with van der Waals surface area (Å²) in [5.74, 6) is -0.368. The monoisotopic (exact) mass is 295 g/mol. The van der Waals surface area contributed by atoms with E-state index in [1.165, 1.54) is 11.3 Å². The van der Waals surface area contributed by atoms with Crippen LogP contribution in [-0.2, 0) is 4.79 Å². The number of thiophene rings is 1. The molecule has 5 heteroatoms. The number of aryl methyl sites for hydroxylation is 1. The van der Waals surface area contributed by atoms with Gasteiger partial charge < -0.3 is 10.4 Å². The van der Waals surface area contributed by atoms with Crippen molar-refractivity contribution in [1.29, 1.82) is 0 Å². The highest BCUT2D eigenvalue weighted by Crippen LogP contribution is 2.38. The smallest absolute Gasteiger partial charge is 0.311 e. The molecule has 0 unspecified atom stereocenters. The van der Waals surface area contributed by atoms with E-state index in [2.05, 4.69) is 12.2 Å². The Morgan fingerprint density at radius 2 is 2.05 bits per heavy atom. The van der Waals surface area contributed by atoms with E-state index in [1.807, 2.05) is 13.0 Å². The standard InChI is InChI=1S/C15H21NO3S/c1-10-5-7-15(8-6-10,14(18)19)9-16-13(17)12-4-3-11(2)20-12/h3-4,10H,5-9H2,1-2H3,(H,16,17)(H,18,19). The van der Waals surface area contributed by atoms with Crippen LogP contribution in [0.15, 0.2) is 12.1 Å². The Morgan fingerprint density at radius 1 is 1.40 bits per heavy atom. The maximum absolute atomic E-state index is 12.0. The summed E-state index contributed by atoms with van der Waals surface area (Å²) in [5.41, 5.74) is -0.783. The lowest BCUT2D eigenvalue weighted by atomic mass is 9.71. The van der Waals surface area contributed by atoms with Crippen LogP contribution >= 0.6 is 11.3 Å². The minimum atomic E-state index is -0.785. The van der Waals surface area contributed by atoms with Crippen LogP contribution in [0.4, 0.5) is 0 Å². The topological polar surface area (TPSA) is 66.4 Å².